The summed E-state index contributed by atoms with van der Waals surface area (Å²) in [7, 11) is 2.78. The van der Waals surface area contributed by atoms with Crippen LogP contribution in [0.2, 0.25) is 0 Å². The molecule has 0 heterocycles. The van der Waals surface area contributed by atoms with Crippen LogP contribution in [0.5, 0.6) is 0 Å². The highest BCUT2D eigenvalue weighted by atomic mass is 28.2. The van der Waals surface area contributed by atoms with Crippen LogP contribution in [0.4, 0.5) is 0 Å². The van der Waals surface area contributed by atoms with E-state index in [0.717, 1.165) is 0 Å². The molecule has 2 heteroatoms. The van der Waals surface area contributed by atoms with E-state index >= 15 is 0 Å². The molecule has 0 amide bonds. The first-order valence-corrected chi connectivity index (χ1v) is 1.72. The molecule has 0 spiro atoms. The van der Waals surface area contributed by atoms with Gasteiger partial charge < -0.3 is 4.43 Å². The Kier molecular flexibility index (Phi) is 3.85. The fourth-order valence-corrected chi connectivity index (χ4v) is 0.177. The lowest BCUT2D eigenvalue weighted by Crippen LogP contribution is -1.79. The van der Waals surface area contributed by atoms with Gasteiger partial charge in [0.15, 0.2) is 0 Å². The van der Waals surface area contributed by atoms with E-state index in [9.17, 15) is 0 Å². The van der Waals surface area contributed by atoms with E-state index in [0.29, 0.717) is 6.61 Å². The van der Waals surface area contributed by atoms with Crippen molar-refractivity contribution in [3.63, 3.8) is 0 Å². The predicted molar refractivity (Wildman–Crippen MR) is 21.9 cm³/mol. The molecule has 0 rings (SSSR count). The van der Waals surface area contributed by atoms with Gasteiger partial charge in [0.05, 0.1) is 6.61 Å². The van der Waals surface area contributed by atoms with Crippen LogP contribution in [0.3, 0.4) is 0 Å². The minimum absolute atomic E-state index is 0.566. The van der Waals surface area contributed by atoms with Crippen LogP contribution >= 0.6 is 0 Å². The second-order valence-corrected chi connectivity index (χ2v) is 0.888. The maximum atomic E-state index is 4.38. The van der Waals surface area contributed by atoms with E-state index in [2.05, 4.69) is 21.5 Å². The van der Waals surface area contributed by atoms with Gasteiger partial charge in [0.25, 0.3) is 0 Å². The molecule has 27 valence electrons. The molecule has 0 saturated carbocycles. The lowest BCUT2D eigenvalue weighted by Gasteiger charge is -1.79. The summed E-state index contributed by atoms with van der Waals surface area (Å²) in [5, 5.41) is 0. The van der Waals surface area contributed by atoms with Crippen molar-refractivity contribution >= 4 is 10.5 Å². The van der Waals surface area contributed by atoms with Gasteiger partial charge in [-0.15, -0.1) is 6.58 Å². The Labute approximate surface area is 35.2 Å². The van der Waals surface area contributed by atoms with Crippen LogP contribution < -0.4 is 0 Å². The van der Waals surface area contributed by atoms with Crippen molar-refractivity contribution in [1.82, 2.24) is 0 Å². The van der Waals surface area contributed by atoms with E-state index in [4.69, 9.17) is 0 Å². The molecule has 0 atom stereocenters. The van der Waals surface area contributed by atoms with Crippen molar-refractivity contribution in [3.8, 4) is 0 Å². The summed E-state index contributed by atoms with van der Waals surface area (Å²) in [5.74, 6) is 0. The molecule has 0 fully saturated rings. The molecule has 0 aliphatic rings. The third-order valence-corrected chi connectivity index (χ3v) is 0.368. The van der Waals surface area contributed by atoms with Gasteiger partial charge in [-0.1, -0.05) is 6.08 Å². The number of hydrogen-bond donors (Lipinski definition) is 0. The second-order valence-electron chi connectivity index (χ2n) is 0.600. The normalized spacial score (nSPS) is 7.40. The van der Waals surface area contributed by atoms with Crippen LogP contribution in [-0.4, -0.2) is 17.1 Å². The molecule has 1 nitrogen and oxygen atoms in total. The Balaban J connectivity index is 2.40. The Morgan fingerprint density at radius 1 is 2.00 bits per heavy atom. The Bertz CT molecular complexity index is 28.1. The summed E-state index contributed by atoms with van der Waals surface area (Å²) >= 11 is 0. The average Bonchev–Trinajstić information content (AvgIpc) is 1.41. The maximum absolute atomic E-state index is 4.38. The van der Waals surface area contributed by atoms with E-state index in [-0.39, 0.29) is 0 Å². The van der Waals surface area contributed by atoms with Crippen molar-refractivity contribution in [2.24, 2.45) is 0 Å². The highest BCUT2D eigenvalue weighted by molar-refractivity contribution is 5.98. The van der Waals surface area contributed by atoms with Crippen LogP contribution in [-0.2, 0) is 4.43 Å². The fourth-order valence-electron chi connectivity index (χ4n) is 0.0589. The lowest BCUT2D eigenvalue weighted by molar-refractivity contribution is 0.402. The van der Waals surface area contributed by atoms with E-state index in [1.165, 1.54) is 0 Å². The van der Waals surface area contributed by atoms with Crippen LogP contribution in [0.25, 0.3) is 0 Å². The minimum atomic E-state index is 0.566. The molecule has 3 radical (unpaired) electrons. The zero-order chi connectivity index (χ0) is 4.12. The SMILES string of the molecule is C=CCO[Si]. The van der Waals surface area contributed by atoms with E-state index in [1.54, 1.807) is 6.08 Å². The first-order valence-electron chi connectivity index (χ1n) is 1.31. The van der Waals surface area contributed by atoms with Gasteiger partial charge in [0.2, 0.25) is 10.5 Å². The van der Waals surface area contributed by atoms with Crippen molar-refractivity contribution in [1.29, 1.82) is 0 Å². The summed E-state index contributed by atoms with van der Waals surface area (Å²) in [5.41, 5.74) is 0. The summed E-state index contributed by atoms with van der Waals surface area (Å²) in [6.07, 6.45) is 1.66. The van der Waals surface area contributed by atoms with Gasteiger partial charge in [-0.25, -0.2) is 0 Å². The monoisotopic (exact) mass is 85.0 g/mol. The molecule has 0 N–H and O–H groups in total. The molecule has 0 bridgehead atoms. The molecule has 0 saturated heterocycles. The molecule has 0 aromatic rings. The summed E-state index contributed by atoms with van der Waals surface area (Å²) < 4.78 is 4.38. The van der Waals surface area contributed by atoms with Crippen molar-refractivity contribution in [3.05, 3.63) is 12.7 Å². The topological polar surface area (TPSA) is 9.23 Å². The molecule has 0 aromatic heterocycles. The van der Waals surface area contributed by atoms with Crippen LogP contribution in [0.15, 0.2) is 12.7 Å². The van der Waals surface area contributed by atoms with Gasteiger partial charge in [0, 0.05) is 0 Å². The average molecular weight is 85.2 g/mol. The standard InChI is InChI=1S/C3H5OSi/c1-2-3-4-5/h2H,1,3H2. The third-order valence-electron chi connectivity index (χ3n) is 0.201. The molecule has 0 aliphatic heterocycles. The van der Waals surface area contributed by atoms with Gasteiger partial charge in [0.1, 0.15) is 0 Å². The molecule has 5 heavy (non-hydrogen) atoms. The molecular weight excluding hydrogens is 80.1 g/mol. The van der Waals surface area contributed by atoms with Gasteiger partial charge in [-0.3, -0.25) is 0 Å². The Hall–Kier alpha value is -0.0831. The third kappa shape index (κ3) is 3.92. The van der Waals surface area contributed by atoms with Crippen molar-refractivity contribution in [2.45, 2.75) is 0 Å². The predicted octanol–water partition coefficient (Wildman–Crippen LogP) is 0.272. The zero-order valence-corrected chi connectivity index (χ0v) is 3.90. The Morgan fingerprint density at radius 2 is 2.60 bits per heavy atom. The minimum Gasteiger partial charge on any atom is -0.415 e. The molecule has 0 unspecified atom stereocenters. The smallest absolute Gasteiger partial charge is 0.246 e. The fraction of sp³-hybridized carbons (Fsp3) is 0.333. The van der Waals surface area contributed by atoms with Gasteiger partial charge in [-0.2, -0.15) is 0 Å². The van der Waals surface area contributed by atoms with Crippen LogP contribution in [0.1, 0.15) is 0 Å². The highest BCUT2D eigenvalue weighted by Crippen LogP contribution is 1.59. The van der Waals surface area contributed by atoms with Crippen molar-refractivity contribution < 1.29 is 4.43 Å². The summed E-state index contributed by atoms with van der Waals surface area (Å²) in [6.45, 7) is 3.96. The molecule has 0 aliphatic carbocycles. The summed E-state index contributed by atoms with van der Waals surface area (Å²) in [4.78, 5) is 0. The van der Waals surface area contributed by atoms with Gasteiger partial charge >= 0.3 is 0 Å². The first-order chi connectivity index (χ1) is 2.41. The number of hydrogen-bond acceptors (Lipinski definition) is 1. The zero-order valence-electron chi connectivity index (χ0n) is 2.90. The summed E-state index contributed by atoms with van der Waals surface area (Å²) in [6, 6.07) is 0. The largest absolute Gasteiger partial charge is 0.415 e. The highest BCUT2D eigenvalue weighted by Gasteiger charge is 1.59. The Morgan fingerprint density at radius 3 is 2.60 bits per heavy atom. The maximum Gasteiger partial charge on any atom is 0.246 e. The van der Waals surface area contributed by atoms with Gasteiger partial charge in [-0.05, 0) is 0 Å². The quantitative estimate of drug-likeness (QED) is 0.345. The molecule has 0 aromatic carbocycles. The molecular formula is C3H5OSi. The van der Waals surface area contributed by atoms with E-state index in [1.807, 2.05) is 0 Å². The second kappa shape index (κ2) is 3.92. The van der Waals surface area contributed by atoms with Crippen molar-refractivity contribution in [2.75, 3.05) is 6.61 Å². The number of rotatable bonds is 2. The first kappa shape index (κ1) is 4.92. The van der Waals surface area contributed by atoms with E-state index < -0.39 is 0 Å². The van der Waals surface area contributed by atoms with Crippen LogP contribution in [0, 0.1) is 0 Å². The lowest BCUT2D eigenvalue weighted by atomic mass is 10.7.